The maximum atomic E-state index is 5.93. The molecule has 0 aromatic carbocycles. The Hall–Kier alpha value is -1.10. The zero-order chi connectivity index (χ0) is 13.7. The second-order valence-electron chi connectivity index (χ2n) is 4.46. The first-order chi connectivity index (χ1) is 9.17. The van der Waals surface area contributed by atoms with Gasteiger partial charge in [-0.1, -0.05) is 17.7 Å². The Morgan fingerprint density at radius 2 is 2.11 bits per heavy atom. The molecule has 2 rings (SSSR count). The molecule has 102 valence electrons. The summed E-state index contributed by atoms with van der Waals surface area (Å²) in [6.07, 6.45) is 1.93. The van der Waals surface area contributed by atoms with Gasteiger partial charge in [-0.2, -0.15) is 0 Å². The number of rotatable bonds is 6. The van der Waals surface area contributed by atoms with Gasteiger partial charge in [0.1, 0.15) is 5.82 Å². The van der Waals surface area contributed by atoms with Crippen molar-refractivity contribution in [3.8, 4) is 0 Å². The first-order valence-corrected chi connectivity index (χ1v) is 7.48. The molecule has 0 aliphatic carbocycles. The number of nitrogens with one attached hydrogen (secondary N) is 1. The van der Waals surface area contributed by atoms with Crippen LogP contribution in [0.3, 0.4) is 0 Å². The highest BCUT2D eigenvalue weighted by molar-refractivity contribution is 7.16. The molecule has 0 spiro atoms. The van der Waals surface area contributed by atoms with Crippen molar-refractivity contribution in [2.24, 2.45) is 0 Å². The summed E-state index contributed by atoms with van der Waals surface area (Å²) in [6.45, 7) is 4.75. The van der Waals surface area contributed by atoms with Crippen molar-refractivity contribution in [2.75, 3.05) is 18.9 Å². The van der Waals surface area contributed by atoms with Crippen molar-refractivity contribution >= 4 is 28.8 Å². The van der Waals surface area contributed by atoms with Crippen LogP contribution < -0.4 is 5.32 Å². The molecule has 0 saturated carbocycles. The Morgan fingerprint density at radius 3 is 2.68 bits per heavy atom. The standard InChI is InChI=1S/C14H18ClN3S/c1-3-16-14-7-4-11(8-17-14)9-18(2)10-12-5-6-13(15)19-12/h4-8H,3,9-10H2,1-2H3,(H,16,17). The predicted molar refractivity (Wildman–Crippen MR) is 82.9 cm³/mol. The minimum Gasteiger partial charge on any atom is -0.370 e. The molecule has 0 aliphatic rings. The molecule has 3 nitrogen and oxygen atoms in total. The minimum atomic E-state index is 0.847. The second kappa shape index (κ2) is 6.89. The molecular weight excluding hydrogens is 278 g/mol. The maximum absolute atomic E-state index is 5.93. The third-order valence-electron chi connectivity index (χ3n) is 2.69. The molecule has 2 aromatic rings. The summed E-state index contributed by atoms with van der Waals surface area (Å²) in [4.78, 5) is 7.91. The molecule has 5 heteroatoms. The molecule has 1 N–H and O–H groups in total. The van der Waals surface area contributed by atoms with Crippen LogP contribution in [0.15, 0.2) is 30.5 Å². The summed E-state index contributed by atoms with van der Waals surface area (Å²) in [5.41, 5.74) is 1.21. The normalized spacial score (nSPS) is 10.9. The van der Waals surface area contributed by atoms with Gasteiger partial charge >= 0.3 is 0 Å². The monoisotopic (exact) mass is 295 g/mol. The van der Waals surface area contributed by atoms with E-state index in [9.17, 15) is 0 Å². The fraction of sp³-hybridized carbons (Fsp3) is 0.357. The molecule has 0 fully saturated rings. The molecule has 0 unspecified atom stereocenters. The lowest BCUT2D eigenvalue weighted by Gasteiger charge is -2.15. The van der Waals surface area contributed by atoms with Gasteiger partial charge in [-0.15, -0.1) is 11.3 Å². The van der Waals surface area contributed by atoms with Crippen molar-refractivity contribution in [3.05, 3.63) is 45.2 Å². The van der Waals surface area contributed by atoms with E-state index in [2.05, 4.69) is 41.3 Å². The lowest BCUT2D eigenvalue weighted by atomic mass is 10.2. The molecular formula is C14H18ClN3S. The predicted octanol–water partition coefficient (Wildman–Crippen LogP) is 3.86. The molecule has 0 radical (unpaired) electrons. The van der Waals surface area contributed by atoms with Crippen LogP contribution in [0, 0.1) is 0 Å². The summed E-state index contributed by atoms with van der Waals surface area (Å²) in [7, 11) is 2.10. The van der Waals surface area contributed by atoms with Crippen LogP contribution in [0.5, 0.6) is 0 Å². The van der Waals surface area contributed by atoms with Gasteiger partial charge < -0.3 is 5.32 Å². The van der Waals surface area contributed by atoms with Crippen molar-refractivity contribution in [3.63, 3.8) is 0 Å². The zero-order valence-corrected chi connectivity index (χ0v) is 12.8. The topological polar surface area (TPSA) is 28.2 Å². The lowest BCUT2D eigenvalue weighted by molar-refractivity contribution is 0.321. The molecule has 0 bridgehead atoms. The summed E-state index contributed by atoms with van der Waals surface area (Å²) in [5, 5.41) is 3.19. The SMILES string of the molecule is CCNc1ccc(CN(C)Cc2ccc(Cl)s2)cn1. The highest BCUT2D eigenvalue weighted by Gasteiger charge is 2.04. The maximum Gasteiger partial charge on any atom is 0.125 e. The number of aromatic nitrogens is 1. The fourth-order valence-corrected chi connectivity index (χ4v) is 3.04. The Labute approximate surface area is 123 Å². The van der Waals surface area contributed by atoms with E-state index in [-0.39, 0.29) is 0 Å². The quantitative estimate of drug-likeness (QED) is 0.877. The van der Waals surface area contributed by atoms with Gasteiger partial charge in [-0.05, 0) is 37.7 Å². The van der Waals surface area contributed by atoms with Crippen LogP contribution in [-0.2, 0) is 13.1 Å². The Balaban J connectivity index is 1.89. The average molecular weight is 296 g/mol. The highest BCUT2D eigenvalue weighted by atomic mass is 35.5. The van der Waals surface area contributed by atoms with Crippen molar-refractivity contribution in [1.82, 2.24) is 9.88 Å². The van der Waals surface area contributed by atoms with Crippen LogP contribution >= 0.6 is 22.9 Å². The van der Waals surface area contributed by atoms with E-state index in [0.29, 0.717) is 0 Å². The van der Waals surface area contributed by atoms with Crippen LogP contribution in [0.4, 0.5) is 5.82 Å². The fourth-order valence-electron chi connectivity index (χ4n) is 1.87. The number of halogens is 1. The van der Waals surface area contributed by atoms with E-state index in [1.54, 1.807) is 11.3 Å². The van der Waals surface area contributed by atoms with Gasteiger partial charge in [0, 0.05) is 30.7 Å². The molecule has 2 aromatic heterocycles. The lowest BCUT2D eigenvalue weighted by Crippen LogP contribution is -2.16. The average Bonchev–Trinajstić information content (AvgIpc) is 2.77. The van der Waals surface area contributed by atoms with Crippen molar-refractivity contribution in [2.45, 2.75) is 20.0 Å². The van der Waals surface area contributed by atoms with E-state index in [0.717, 1.165) is 29.8 Å². The van der Waals surface area contributed by atoms with Crippen LogP contribution in [-0.4, -0.2) is 23.5 Å². The van der Waals surface area contributed by atoms with Crippen molar-refractivity contribution in [1.29, 1.82) is 0 Å². The van der Waals surface area contributed by atoms with Crippen molar-refractivity contribution < 1.29 is 0 Å². The number of thiophene rings is 1. The van der Waals surface area contributed by atoms with Gasteiger partial charge in [0.25, 0.3) is 0 Å². The smallest absolute Gasteiger partial charge is 0.125 e. The number of hydrogen-bond acceptors (Lipinski definition) is 4. The number of anilines is 1. The van der Waals surface area contributed by atoms with E-state index in [4.69, 9.17) is 11.6 Å². The highest BCUT2D eigenvalue weighted by Crippen LogP contribution is 2.22. The number of nitrogens with zero attached hydrogens (tertiary/aromatic N) is 2. The third kappa shape index (κ3) is 4.49. The summed E-state index contributed by atoms with van der Waals surface area (Å²) in [6, 6.07) is 8.16. The molecule has 2 heterocycles. The molecule has 0 aliphatic heterocycles. The Kier molecular flexibility index (Phi) is 5.19. The van der Waals surface area contributed by atoms with E-state index >= 15 is 0 Å². The number of pyridine rings is 1. The van der Waals surface area contributed by atoms with E-state index < -0.39 is 0 Å². The Bertz CT molecular complexity index is 510. The Morgan fingerprint density at radius 1 is 1.26 bits per heavy atom. The van der Waals surface area contributed by atoms with Gasteiger partial charge in [0.05, 0.1) is 4.34 Å². The third-order valence-corrected chi connectivity index (χ3v) is 3.91. The molecule has 0 saturated heterocycles. The number of hydrogen-bond donors (Lipinski definition) is 1. The van der Waals surface area contributed by atoms with Crippen LogP contribution in [0.1, 0.15) is 17.4 Å². The van der Waals surface area contributed by atoms with Gasteiger partial charge in [-0.3, -0.25) is 4.90 Å². The summed E-state index contributed by atoms with van der Waals surface area (Å²) < 4.78 is 0.847. The first kappa shape index (κ1) is 14.3. The van der Waals surface area contributed by atoms with Crippen LogP contribution in [0.2, 0.25) is 4.34 Å². The van der Waals surface area contributed by atoms with Crippen LogP contribution in [0.25, 0.3) is 0 Å². The van der Waals surface area contributed by atoms with Gasteiger partial charge in [-0.25, -0.2) is 4.98 Å². The van der Waals surface area contributed by atoms with Gasteiger partial charge in [0.2, 0.25) is 0 Å². The molecule has 19 heavy (non-hydrogen) atoms. The van der Waals surface area contributed by atoms with E-state index in [1.165, 1.54) is 10.4 Å². The van der Waals surface area contributed by atoms with E-state index in [1.807, 2.05) is 18.3 Å². The molecule has 0 atom stereocenters. The minimum absolute atomic E-state index is 0.847. The largest absolute Gasteiger partial charge is 0.370 e. The second-order valence-corrected chi connectivity index (χ2v) is 6.26. The molecule has 0 amide bonds. The van der Waals surface area contributed by atoms with Gasteiger partial charge in [0.15, 0.2) is 0 Å². The first-order valence-electron chi connectivity index (χ1n) is 6.29. The summed E-state index contributed by atoms with van der Waals surface area (Å²) in [5.74, 6) is 0.930. The summed E-state index contributed by atoms with van der Waals surface area (Å²) >= 11 is 7.57. The zero-order valence-electron chi connectivity index (χ0n) is 11.2.